The van der Waals surface area contributed by atoms with Crippen molar-refractivity contribution in [3.63, 3.8) is 0 Å². The lowest BCUT2D eigenvalue weighted by Crippen LogP contribution is -2.38. The third-order valence-corrected chi connectivity index (χ3v) is 6.55. The number of halogens is 1. The van der Waals surface area contributed by atoms with Crippen molar-refractivity contribution >= 4 is 50.7 Å². The third kappa shape index (κ3) is 3.78. The van der Waals surface area contributed by atoms with Gasteiger partial charge in [-0.05, 0) is 60.2 Å². The molecule has 1 aliphatic carbocycles. The van der Waals surface area contributed by atoms with Crippen molar-refractivity contribution in [2.75, 3.05) is 18.0 Å². The summed E-state index contributed by atoms with van der Waals surface area (Å²) in [6.07, 6.45) is 6.94. The predicted octanol–water partition coefficient (Wildman–Crippen LogP) is 4.63. The van der Waals surface area contributed by atoms with Gasteiger partial charge in [0.2, 0.25) is 6.41 Å². The number of hydrogen-bond acceptors (Lipinski definition) is 3. The number of aromatic amines is 1. The topological polar surface area (TPSA) is 69.3 Å². The highest BCUT2D eigenvalue weighted by Crippen LogP contribution is 2.37. The highest BCUT2D eigenvalue weighted by atomic mass is 79.9. The van der Waals surface area contributed by atoms with Crippen LogP contribution in [-0.2, 0) is 4.79 Å². The van der Waals surface area contributed by atoms with E-state index in [-0.39, 0.29) is 17.9 Å². The lowest BCUT2D eigenvalue weighted by atomic mass is 9.89. The molecule has 1 aromatic carbocycles. The molecule has 0 unspecified atom stereocenters. The first kappa shape index (κ1) is 20.0. The van der Waals surface area contributed by atoms with Crippen molar-refractivity contribution in [2.24, 2.45) is 5.92 Å². The number of benzene rings is 1. The number of nitrogens with one attached hydrogen (secondary N) is 1. The summed E-state index contributed by atoms with van der Waals surface area (Å²) in [5.41, 5.74) is 3.73. The Morgan fingerprint density at radius 3 is 2.84 bits per heavy atom. The minimum atomic E-state index is 0.0338. The van der Waals surface area contributed by atoms with E-state index in [2.05, 4.69) is 38.9 Å². The van der Waals surface area contributed by atoms with Gasteiger partial charge < -0.3 is 9.88 Å². The molecule has 1 atom stereocenters. The van der Waals surface area contributed by atoms with Crippen LogP contribution in [0, 0.1) is 5.92 Å². The maximum atomic E-state index is 13.0. The maximum Gasteiger partial charge on any atom is 0.254 e. The van der Waals surface area contributed by atoms with Gasteiger partial charge in [0.15, 0.2) is 0 Å². The van der Waals surface area contributed by atoms with Gasteiger partial charge in [-0.15, -0.1) is 0 Å². The molecule has 6 nitrogen and oxygen atoms in total. The summed E-state index contributed by atoms with van der Waals surface area (Å²) in [6, 6.07) is 11.8. The van der Waals surface area contributed by atoms with Gasteiger partial charge in [-0.1, -0.05) is 35.0 Å². The Kier molecular flexibility index (Phi) is 5.14. The van der Waals surface area contributed by atoms with Crippen LogP contribution >= 0.6 is 15.9 Å². The highest BCUT2D eigenvalue weighted by molar-refractivity contribution is 9.10. The zero-order valence-corrected chi connectivity index (χ0v) is 18.8. The molecular weight excluding hydrogens is 456 g/mol. The summed E-state index contributed by atoms with van der Waals surface area (Å²) in [5.74, 6) is 0.874. The quantitative estimate of drug-likeness (QED) is 0.543. The Hall–Kier alpha value is -2.93. The van der Waals surface area contributed by atoms with Crippen molar-refractivity contribution in [2.45, 2.75) is 25.8 Å². The number of hydrogen-bond donors (Lipinski definition) is 1. The summed E-state index contributed by atoms with van der Waals surface area (Å²) in [4.78, 5) is 36.2. The first-order valence-electron chi connectivity index (χ1n) is 10.5. The zero-order valence-electron chi connectivity index (χ0n) is 17.2. The predicted molar refractivity (Wildman–Crippen MR) is 125 cm³/mol. The summed E-state index contributed by atoms with van der Waals surface area (Å²) >= 11 is 3.44. The average molecular weight is 479 g/mol. The molecule has 0 spiro atoms. The van der Waals surface area contributed by atoms with Crippen LogP contribution in [-0.4, -0.2) is 46.3 Å². The second-order valence-electron chi connectivity index (χ2n) is 8.29. The van der Waals surface area contributed by atoms with Gasteiger partial charge in [-0.2, -0.15) is 0 Å². The van der Waals surface area contributed by atoms with Gasteiger partial charge in [0, 0.05) is 40.8 Å². The fraction of sp³-hybridized carbons (Fsp3) is 0.292. The molecule has 2 aromatic heterocycles. The number of carbonyl (C=O) groups excluding carboxylic acids is 2. The van der Waals surface area contributed by atoms with Gasteiger partial charge in [0.1, 0.15) is 11.5 Å². The first-order valence-corrected chi connectivity index (χ1v) is 11.3. The second-order valence-corrected chi connectivity index (χ2v) is 9.21. The fourth-order valence-corrected chi connectivity index (χ4v) is 4.73. The molecule has 3 aromatic rings. The van der Waals surface area contributed by atoms with Gasteiger partial charge in [0.25, 0.3) is 5.91 Å². The van der Waals surface area contributed by atoms with Crippen LogP contribution in [0.5, 0.6) is 0 Å². The Labute approximate surface area is 189 Å². The van der Waals surface area contributed by atoms with E-state index in [1.807, 2.05) is 47.5 Å². The minimum Gasteiger partial charge on any atom is -0.346 e. The van der Waals surface area contributed by atoms with E-state index in [0.29, 0.717) is 24.5 Å². The highest BCUT2D eigenvalue weighted by Gasteiger charge is 2.31. The number of H-pyrrole nitrogens is 1. The molecule has 2 aliphatic rings. The molecule has 0 saturated heterocycles. The number of pyridine rings is 1. The van der Waals surface area contributed by atoms with E-state index >= 15 is 0 Å². The molecule has 1 N–H and O–H groups in total. The lowest BCUT2D eigenvalue weighted by molar-refractivity contribution is -0.107. The maximum absolute atomic E-state index is 13.0. The number of rotatable bonds is 5. The van der Waals surface area contributed by atoms with E-state index in [1.54, 1.807) is 4.90 Å². The number of nitrogens with zero attached hydrogens (tertiary/aromatic N) is 3. The minimum absolute atomic E-state index is 0.0338. The smallest absolute Gasteiger partial charge is 0.254 e. The van der Waals surface area contributed by atoms with Crippen LogP contribution in [0.25, 0.3) is 16.6 Å². The van der Waals surface area contributed by atoms with Crippen molar-refractivity contribution in [3.05, 3.63) is 64.3 Å². The second kappa shape index (κ2) is 7.96. The number of aromatic nitrogens is 2. The van der Waals surface area contributed by atoms with Crippen molar-refractivity contribution < 1.29 is 9.59 Å². The van der Waals surface area contributed by atoms with E-state index in [1.165, 1.54) is 5.57 Å². The van der Waals surface area contributed by atoms with Crippen molar-refractivity contribution in [3.8, 4) is 0 Å². The number of fused-ring (bicyclic) bond motifs is 1. The number of carbonyl (C=O) groups is 2. The average Bonchev–Trinajstić information content (AvgIpc) is 3.49. The molecule has 0 bridgehead atoms. The van der Waals surface area contributed by atoms with E-state index < -0.39 is 0 Å². The van der Waals surface area contributed by atoms with E-state index in [9.17, 15) is 9.59 Å². The standard InChI is InChI=1S/C24H23BrN4O2/c1-15-13-28(24(31)16-3-2-4-17(25)11-16)10-8-19(15)21-12-22(29(14-30)18-5-6-18)27-23-20(21)7-9-26-23/h2-4,7-9,11-12,14-15,18H,5-6,10,13H2,1H3,(H,26,27)/t15-/m1/s1. The van der Waals surface area contributed by atoms with Crippen LogP contribution < -0.4 is 4.90 Å². The van der Waals surface area contributed by atoms with Crippen molar-refractivity contribution in [1.82, 2.24) is 14.9 Å². The molecule has 5 rings (SSSR count). The normalized spacial score (nSPS) is 18.7. The summed E-state index contributed by atoms with van der Waals surface area (Å²) in [7, 11) is 0. The summed E-state index contributed by atoms with van der Waals surface area (Å²) in [6.45, 7) is 3.33. The molecule has 3 heterocycles. The Bertz CT molecular complexity index is 1200. The Balaban J connectivity index is 1.48. The first-order chi connectivity index (χ1) is 15.0. The number of amides is 2. The summed E-state index contributed by atoms with van der Waals surface area (Å²) < 4.78 is 0.897. The Morgan fingerprint density at radius 2 is 2.13 bits per heavy atom. The van der Waals surface area contributed by atoms with Crippen LogP contribution in [0.2, 0.25) is 0 Å². The molecule has 0 radical (unpaired) electrons. The molecule has 1 fully saturated rings. The lowest BCUT2D eigenvalue weighted by Gasteiger charge is -2.32. The van der Waals surface area contributed by atoms with Crippen LogP contribution in [0.3, 0.4) is 0 Å². The molecule has 1 saturated carbocycles. The number of anilines is 1. The van der Waals surface area contributed by atoms with Gasteiger partial charge in [0.05, 0.1) is 0 Å². The monoisotopic (exact) mass is 478 g/mol. The molecule has 158 valence electrons. The van der Waals surface area contributed by atoms with E-state index in [4.69, 9.17) is 0 Å². The molecular formula is C24H23BrN4O2. The largest absolute Gasteiger partial charge is 0.346 e. The molecule has 1 aliphatic heterocycles. The van der Waals surface area contributed by atoms with Crippen LogP contribution in [0.15, 0.2) is 53.1 Å². The van der Waals surface area contributed by atoms with Crippen molar-refractivity contribution in [1.29, 1.82) is 0 Å². The third-order valence-electron chi connectivity index (χ3n) is 6.06. The molecule has 7 heteroatoms. The fourth-order valence-electron chi connectivity index (χ4n) is 4.33. The summed E-state index contributed by atoms with van der Waals surface area (Å²) in [5, 5.41) is 1.04. The van der Waals surface area contributed by atoms with E-state index in [0.717, 1.165) is 40.3 Å². The van der Waals surface area contributed by atoms with Gasteiger partial charge >= 0.3 is 0 Å². The van der Waals surface area contributed by atoms with Gasteiger partial charge in [-0.3, -0.25) is 14.5 Å². The van der Waals surface area contributed by atoms with Gasteiger partial charge in [-0.25, -0.2) is 4.98 Å². The SMILES string of the molecule is C[C@@H]1CN(C(=O)c2cccc(Br)c2)CC=C1c1cc(N(C=O)C2CC2)nc2[nH]ccc12. The van der Waals surface area contributed by atoms with Crippen LogP contribution in [0.1, 0.15) is 35.7 Å². The Morgan fingerprint density at radius 1 is 1.29 bits per heavy atom. The van der Waals surface area contributed by atoms with Crippen LogP contribution in [0.4, 0.5) is 5.82 Å². The molecule has 31 heavy (non-hydrogen) atoms. The molecule has 2 amide bonds. The zero-order chi connectivity index (χ0) is 21.5.